The van der Waals surface area contributed by atoms with Gasteiger partial charge in [-0.1, -0.05) is 12.1 Å². The molecule has 1 N–H and O–H groups in total. The first-order chi connectivity index (χ1) is 9.51. The van der Waals surface area contributed by atoms with Crippen molar-refractivity contribution in [2.45, 2.75) is 20.0 Å². The van der Waals surface area contributed by atoms with Crippen molar-refractivity contribution in [1.29, 1.82) is 0 Å². The van der Waals surface area contributed by atoms with Crippen LogP contribution in [0.4, 0.5) is 8.78 Å². The van der Waals surface area contributed by atoms with Crippen LogP contribution in [0.3, 0.4) is 0 Å². The zero-order valence-corrected chi connectivity index (χ0v) is 10.4. The summed E-state index contributed by atoms with van der Waals surface area (Å²) in [5, 5.41) is 12.3. The highest BCUT2D eigenvalue weighted by molar-refractivity contribution is 5.87. The molecule has 0 radical (unpaired) electrons. The van der Waals surface area contributed by atoms with E-state index in [1.54, 1.807) is 0 Å². The Bertz CT molecular complexity index is 619. The predicted octanol–water partition coefficient (Wildman–Crippen LogP) is 2.19. The van der Waals surface area contributed by atoms with Gasteiger partial charge in [0.1, 0.15) is 0 Å². The summed E-state index contributed by atoms with van der Waals surface area (Å²) in [6.07, 6.45) is 0.555. The first-order valence-corrected chi connectivity index (χ1v) is 5.67. The van der Waals surface area contributed by atoms with Gasteiger partial charge in [-0.15, -0.1) is 0 Å². The average Bonchev–Trinajstić information content (AvgIpc) is 2.85. The minimum atomic E-state index is -1.43. The molecule has 0 saturated carbocycles. The molecular formula is C12H10F2N2O4. The maximum Gasteiger partial charge on any atom is 0.335 e. The summed E-state index contributed by atoms with van der Waals surface area (Å²) in [7, 11) is 0. The van der Waals surface area contributed by atoms with Crippen LogP contribution in [-0.4, -0.2) is 21.2 Å². The minimum absolute atomic E-state index is 0.0722. The van der Waals surface area contributed by atoms with E-state index < -0.39 is 28.9 Å². The maximum atomic E-state index is 13.6. The lowest BCUT2D eigenvalue weighted by atomic mass is 10.2. The van der Waals surface area contributed by atoms with Crippen molar-refractivity contribution in [3.63, 3.8) is 0 Å². The Balaban J connectivity index is 2.15. The number of aryl methyl sites for hydroxylation is 1. The quantitative estimate of drug-likeness (QED) is 0.905. The lowest BCUT2D eigenvalue weighted by Gasteiger charge is -2.06. The van der Waals surface area contributed by atoms with Gasteiger partial charge in [0.15, 0.2) is 29.8 Å². The van der Waals surface area contributed by atoms with Gasteiger partial charge in [-0.05, 0) is 12.1 Å². The zero-order valence-electron chi connectivity index (χ0n) is 10.4. The number of rotatable bonds is 5. The lowest BCUT2D eigenvalue weighted by molar-refractivity contribution is 0.0695. The standard InChI is InChI=1S/C12H10F2N2O4/c1-2-9-15-10(20-16-9)5-19-11-7(13)3-6(12(17)18)4-8(11)14/h3-4H,2,5H2,1H3,(H,17,18). The molecule has 0 amide bonds. The number of nitrogens with zero attached hydrogens (tertiary/aromatic N) is 2. The maximum absolute atomic E-state index is 13.6. The fourth-order valence-electron chi connectivity index (χ4n) is 1.45. The number of ether oxygens (including phenoxy) is 1. The Morgan fingerprint density at radius 2 is 2.05 bits per heavy atom. The fraction of sp³-hybridized carbons (Fsp3) is 0.250. The van der Waals surface area contributed by atoms with E-state index in [0.29, 0.717) is 24.4 Å². The second-order valence-corrected chi connectivity index (χ2v) is 3.82. The van der Waals surface area contributed by atoms with E-state index in [4.69, 9.17) is 14.4 Å². The molecule has 0 saturated heterocycles. The summed E-state index contributed by atoms with van der Waals surface area (Å²) >= 11 is 0. The first-order valence-electron chi connectivity index (χ1n) is 5.67. The van der Waals surface area contributed by atoms with Crippen LogP contribution in [-0.2, 0) is 13.0 Å². The van der Waals surface area contributed by atoms with E-state index in [1.165, 1.54) is 0 Å². The van der Waals surface area contributed by atoms with Crippen molar-refractivity contribution in [1.82, 2.24) is 10.1 Å². The Morgan fingerprint density at radius 1 is 1.40 bits per heavy atom. The molecule has 106 valence electrons. The van der Waals surface area contributed by atoms with E-state index in [0.717, 1.165) is 0 Å². The molecule has 2 aromatic rings. The highest BCUT2D eigenvalue weighted by Crippen LogP contribution is 2.24. The molecular weight excluding hydrogens is 274 g/mol. The summed E-state index contributed by atoms with van der Waals surface area (Å²) < 4.78 is 36.8. The number of aromatic nitrogens is 2. The summed E-state index contributed by atoms with van der Waals surface area (Å²) in [4.78, 5) is 14.5. The van der Waals surface area contributed by atoms with E-state index in [9.17, 15) is 13.6 Å². The van der Waals surface area contributed by atoms with Crippen LogP contribution in [0.25, 0.3) is 0 Å². The van der Waals surface area contributed by atoms with Crippen molar-refractivity contribution >= 4 is 5.97 Å². The van der Waals surface area contributed by atoms with Crippen LogP contribution in [0.1, 0.15) is 29.0 Å². The van der Waals surface area contributed by atoms with Gasteiger partial charge in [-0.2, -0.15) is 4.98 Å². The molecule has 1 aromatic carbocycles. The number of halogens is 2. The second-order valence-electron chi connectivity index (χ2n) is 3.82. The summed E-state index contributed by atoms with van der Waals surface area (Å²) in [5.74, 6) is -3.82. The van der Waals surface area contributed by atoms with Gasteiger partial charge in [-0.3, -0.25) is 0 Å². The first kappa shape index (κ1) is 13.9. The van der Waals surface area contributed by atoms with Crippen molar-refractivity contribution in [3.8, 4) is 5.75 Å². The van der Waals surface area contributed by atoms with Crippen LogP contribution in [0, 0.1) is 11.6 Å². The molecule has 0 aliphatic heterocycles. The van der Waals surface area contributed by atoms with Gasteiger partial charge in [0, 0.05) is 6.42 Å². The van der Waals surface area contributed by atoms with Crippen LogP contribution in [0.5, 0.6) is 5.75 Å². The highest BCUT2D eigenvalue weighted by atomic mass is 19.1. The lowest BCUT2D eigenvalue weighted by Crippen LogP contribution is -2.04. The van der Waals surface area contributed by atoms with Crippen LogP contribution in [0.15, 0.2) is 16.7 Å². The largest absolute Gasteiger partial charge is 0.478 e. The smallest absolute Gasteiger partial charge is 0.335 e. The number of carboxylic acid groups (broad SMARTS) is 1. The summed E-state index contributed by atoms with van der Waals surface area (Å²) in [5.41, 5.74) is -0.501. The van der Waals surface area contributed by atoms with Crippen molar-refractivity contribution < 1.29 is 27.9 Å². The number of hydrogen-bond acceptors (Lipinski definition) is 5. The predicted molar refractivity (Wildman–Crippen MR) is 61.3 cm³/mol. The Hall–Kier alpha value is -2.51. The molecule has 0 aliphatic rings. The van der Waals surface area contributed by atoms with E-state index in [2.05, 4.69) is 10.1 Å². The SMILES string of the molecule is CCc1noc(COc2c(F)cc(C(=O)O)cc2F)n1. The molecule has 2 rings (SSSR count). The third kappa shape index (κ3) is 2.90. The molecule has 0 unspecified atom stereocenters. The minimum Gasteiger partial charge on any atom is -0.478 e. The summed E-state index contributed by atoms with van der Waals surface area (Å²) in [6, 6.07) is 1.35. The molecule has 6 nitrogen and oxygen atoms in total. The van der Waals surface area contributed by atoms with Gasteiger partial charge in [0.2, 0.25) is 0 Å². The topological polar surface area (TPSA) is 85.5 Å². The Labute approximate surface area is 112 Å². The van der Waals surface area contributed by atoms with Gasteiger partial charge < -0.3 is 14.4 Å². The van der Waals surface area contributed by atoms with E-state index in [-0.39, 0.29) is 12.5 Å². The molecule has 1 aromatic heterocycles. The highest BCUT2D eigenvalue weighted by Gasteiger charge is 2.17. The number of aromatic carboxylic acids is 1. The van der Waals surface area contributed by atoms with Gasteiger partial charge in [-0.25, -0.2) is 13.6 Å². The van der Waals surface area contributed by atoms with Gasteiger partial charge in [0.05, 0.1) is 5.56 Å². The number of carbonyl (C=O) groups is 1. The molecule has 20 heavy (non-hydrogen) atoms. The molecule has 0 fully saturated rings. The van der Waals surface area contributed by atoms with E-state index in [1.807, 2.05) is 6.92 Å². The molecule has 1 heterocycles. The number of benzene rings is 1. The average molecular weight is 284 g/mol. The fourth-order valence-corrected chi connectivity index (χ4v) is 1.45. The summed E-state index contributed by atoms with van der Waals surface area (Å²) in [6.45, 7) is 1.51. The monoisotopic (exact) mass is 284 g/mol. The van der Waals surface area contributed by atoms with Gasteiger partial charge >= 0.3 is 5.97 Å². The third-order valence-electron chi connectivity index (χ3n) is 2.41. The van der Waals surface area contributed by atoms with Crippen molar-refractivity contribution in [3.05, 3.63) is 41.0 Å². The van der Waals surface area contributed by atoms with Crippen LogP contribution >= 0.6 is 0 Å². The molecule has 0 aliphatic carbocycles. The number of hydrogen-bond donors (Lipinski definition) is 1. The van der Waals surface area contributed by atoms with Gasteiger partial charge in [0.25, 0.3) is 5.89 Å². The van der Waals surface area contributed by atoms with Crippen molar-refractivity contribution in [2.24, 2.45) is 0 Å². The van der Waals surface area contributed by atoms with Crippen LogP contribution in [0.2, 0.25) is 0 Å². The zero-order chi connectivity index (χ0) is 14.7. The normalized spacial score (nSPS) is 10.6. The van der Waals surface area contributed by atoms with Crippen LogP contribution < -0.4 is 4.74 Å². The second kappa shape index (κ2) is 5.64. The molecule has 0 atom stereocenters. The Kier molecular flexibility index (Phi) is 3.92. The third-order valence-corrected chi connectivity index (χ3v) is 2.41. The Morgan fingerprint density at radius 3 is 2.55 bits per heavy atom. The molecule has 0 spiro atoms. The molecule has 8 heteroatoms. The van der Waals surface area contributed by atoms with E-state index >= 15 is 0 Å². The van der Waals surface area contributed by atoms with Crippen molar-refractivity contribution in [2.75, 3.05) is 0 Å². The number of carboxylic acids is 1. The molecule has 0 bridgehead atoms.